The normalized spacial score (nSPS) is 25.0. The van der Waals surface area contributed by atoms with Crippen molar-refractivity contribution in [1.82, 2.24) is 15.5 Å². The summed E-state index contributed by atoms with van der Waals surface area (Å²) in [5.74, 6) is 2.63. The summed E-state index contributed by atoms with van der Waals surface area (Å²) in [5, 5.41) is 7.70. The van der Waals surface area contributed by atoms with Gasteiger partial charge in [0.1, 0.15) is 6.10 Å². The van der Waals surface area contributed by atoms with Crippen molar-refractivity contribution in [2.24, 2.45) is 11.8 Å². The molecule has 2 unspecified atom stereocenters. The second kappa shape index (κ2) is 6.05. The van der Waals surface area contributed by atoms with Gasteiger partial charge in [-0.2, -0.15) is 4.98 Å². The molecule has 5 heteroatoms. The Morgan fingerprint density at radius 2 is 2.19 bits per heavy atom. The maximum absolute atomic E-state index is 5.83. The van der Waals surface area contributed by atoms with Crippen molar-refractivity contribution in [3.8, 4) is 0 Å². The van der Waals surface area contributed by atoms with Crippen LogP contribution in [0, 0.1) is 11.8 Å². The second-order valence-electron chi connectivity index (χ2n) is 6.94. The zero-order valence-corrected chi connectivity index (χ0v) is 13.4. The maximum atomic E-state index is 5.83. The number of hydrogen-bond acceptors (Lipinski definition) is 5. The first-order valence-electron chi connectivity index (χ1n) is 8.29. The number of piperidine rings is 1. The van der Waals surface area contributed by atoms with E-state index in [0.717, 1.165) is 24.8 Å². The van der Waals surface area contributed by atoms with Crippen LogP contribution in [0.15, 0.2) is 4.52 Å². The van der Waals surface area contributed by atoms with E-state index in [1.165, 1.54) is 25.7 Å². The van der Waals surface area contributed by atoms with Crippen LogP contribution >= 0.6 is 0 Å². The summed E-state index contributed by atoms with van der Waals surface area (Å²) in [4.78, 5) is 4.71. The molecule has 2 atom stereocenters. The molecule has 2 aliphatic rings. The first kappa shape index (κ1) is 15.0. The van der Waals surface area contributed by atoms with Crippen molar-refractivity contribution in [2.75, 3.05) is 19.7 Å². The van der Waals surface area contributed by atoms with E-state index in [2.05, 4.69) is 24.3 Å². The van der Waals surface area contributed by atoms with Gasteiger partial charge in [-0.3, -0.25) is 0 Å². The summed E-state index contributed by atoms with van der Waals surface area (Å²) >= 11 is 0. The molecule has 2 heterocycles. The highest BCUT2D eigenvalue weighted by atomic mass is 16.5. The van der Waals surface area contributed by atoms with Crippen molar-refractivity contribution in [3.63, 3.8) is 0 Å². The third-order valence-corrected chi connectivity index (χ3v) is 4.96. The largest absolute Gasteiger partial charge is 0.370 e. The fourth-order valence-corrected chi connectivity index (χ4v) is 3.25. The SMILES string of the molecule is CCOC(c1noc(C(C)(C)C2CCCNC2)n1)C1CC1. The summed E-state index contributed by atoms with van der Waals surface area (Å²) in [6.45, 7) is 9.30. The molecule has 1 saturated carbocycles. The average molecular weight is 293 g/mol. The Morgan fingerprint density at radius 1 is 1.38 bits per heavy atom. The van der Waals surface area contributed by atoms with E-state index in [4.69, 9.17) is 14.2 Å². The molecule has 21 heavy (non-hydrogen) atoms. The van der Waals surface area contributed by atoms with Gasteiger partial charge in [0, 0.05) is 12.0 Å². The highest BCUT2D eigenvalue weighted by Crippen LogP contribution is 2.43. The van der Waals surface area contributed by atoms with Crippen molar-refractivity contribution >= 4 is 0 Å². The topological polar surface area (TPSA) is 60.2 Å². The molecule has 0 aromatic carbocycles. The van der Waals surface area contributed by atoms with Crippen LogP contribution in [0.1, 0.15) is 64.3 Å². The predicted molar refractivity (Wildman–Crippen MR) is 80.0 cm³/mol. The number of nitrogens with one attached hydrogen (secondary N) is 1. The van der Waals surface area contributed by atoms with E-state index in [9.17, 15) is 0 Å². The van der Waals surface area contributed by atoms with Crippen LogP contribution in [0.2, 0.25) is 0 Å². The van der Waals surface area contributed by atoms with Gasteiger partial charge in [-0.05, 0) is 57.5 Å². The average Bonchev–Trinajstić information content (AvgIpc) is 3.21. The highest BCUT2D eigenvalue weighted by Gasteiger charge is 2.40. The molecule has 0 radical (unpaired) electrons. The van der Waals surface area contributed by atoms with Gasteiger partial charge in [0.15, 0.2) is 0 Å². The standard InChI is InChI=1S/C16H27N3O2/c1-4-20-13(11-7-8-11)14-18-15(21-19-14)16(2,3)12-6-5-9-17-10-12/h11-13,17H,4-10H2,1-3H3. The number of rotatable bonds is 6. The third-order valence-electron chi connectivity index (χ3n) is 4.96. The molecular weight excluding hydrogens is 266 g/mol. The molecule has 1 N–H and O–H groups in total. The zero-order chi connectivity index (χ0) is 14.9. The molecule has 1 aromatic heterocycles. The maximum Gasteiger partial charge on any atom is 0.232 e. The smallest absolute Gasteiger partial charge is 0.232 e. The minimum atomic E-state index is -0.0843. The molecule has 5 nitrogen and oxygen atoms in total. The lowest BCUT2D eigenvalue weighted by atomic mass is 9.75. The van der Waals surface area contributed by atoms with Gasteiger partial charge in [-0.25, -0.2) is 0 Å². The van der Waals surface area contributed by atoms with Crippen LogP contribution in [0.25, 0.3) is 0 Å². The molecule has 1 aliphatic carbocycles. The van der Waals surface area contributed by atoms with Crippen LogP contribution in [0.5, 0.6) is 0 Å². The minimum Gasteiger partial charge on any atom is -0.370 e. The second-order valence-corrected chi connectivity index (χ2v) is 6.94. The predicted octanol–water partition coefficient (Wildman–Crippen LogP) is 2.83. The summed E-state index contributed by atoms with van der Waals surface area (Å²) in [7, 11) is 0. The summed E-state index contributed by atoms with van der Waals surface area (Å²) < 4.78 is 11.4. The molecule has 2 fully saturated rings. The van der Waals surface area contributed by atoms with Gasteiger partial charge in [-0.15, -0.1) is 0 Å². The van der Waals surface area contributed by atoms with Crippen molar-refractivity contribution in [2.45, 2.75) is 58.0 Å². The van der Waals surface area contributed by atoms with Gasteiger partial charge < -0.3 is 14.6 Å². The van der Waals surface area contributed by atoms with Crippen LogP contribution in [0.4, 0.5) is 0 Å². The summed E-state index contributed by atoms with van der Waals surface area (Å²) in [6.07, 6.45) is 4.89. The van der Waals surface area contributed by atoms with Gasteiger partial charge in [0.05, 0.1) is 0 Å². The van der Waals surface area contributed by atoms with Crippen molar-refractivity contribution in [1.29, 1.82) is 0 Å². The lowest BCUT2D eigenvalue weighted by molar-refractivity contribution is 0.0384. The van der Waals surface area contributed by atoms with E-state index < -0.39 is 0 Å². The molecule has 0 bridgehead atoms. The Morgan fingerprint density at radius 3 is 2.81 bits per heavy atom. The van der Waals surface area contributed by atoms with E-state index >= 15 is 0 Å². The van der Waals surface area contributed by atoms with E-state index in [1.54, 1.807) is 0 Å². The molecule has 3 rings (SSSR count). The molecular formula is C16H27N3O2. The Hall–Kier alpha value is -0.940. The van der Waals surface area contributed by atoms with Gasteiger partial charge in [0.2, 0.25) is 11.7 Å². The zero-order valence-electron chi connectivity index (χ0n) is 13.4. The Bertz CT molecular complexity index is 462. The number of ether oxygens (including phenoxy) is 1. The van der Waals surface area contributed by atoms with E-state index in [-0.39, 0.29) is 11.5 Å². The van der Waals surface area contributed by atoms with Crippen molar-refractivity contribution < 1.29 is 9.26 Å². The molecule has 118 valence electrons. The highest BCUT2D eigenvalue weighted by molar-refractivity contribution is 5.07. The van der Waals surface area contributed by atoms with E-state index in [1.807, 2.05) is 6.92 Å². The minimum absolute atomic E-state index is 0.0211. The van der Waals surface area contributed by atoms with Gasteiger partial charge >= 0.3 is 0 Å². The lowest BCUT2D eigenvalue weighted by Crippen LogP contribution is -2.41. The first-order chi connectivity index (χ1) is 10.1. The fraction of sp³-hybridized carbons (Fsp3) is 0.875. The first-order valence-corrected chi connectivity index (χ1v) is 8.29. The monoisotopic (exact) mass is 293 g/mol. The molecule has 0 spiro atoms. The van der Waals surface area contributed by atoms with Crippen molar-refractivity contribution in [3.05, 3.63) is 11.7 Å². The molecule has 1 saturated heterocycles. The van der Waals surface area contributed by atoms with Gasteiger partial charge in [-0.1, -0.05) is 19.0 Å². The summed E-state index contributed by atoms with van der Waals surface area (Å²) in [6, 6.07) is 0. The fourth-order valence-electron chi connectivity index (χ4n) is 3.25. The van der Waals surface area contributed by atoms with Crippen LogP contribution < -0.4 is 5.32 Å². The van der Waals surface area contributed by atoms with Crippen LogP contribution in [-0.2, 0) is 10.2 Å². The summed E-state index contributed by atoms with van der Waals surface area (Å²) in [5.41, 5.74) is -0.0843. The number of aromatic nitrogens is 2. The van der Waals surface area contributed by atoms with Crippen LogP contribution in [-0.4, -0.2) is 29.8 Å². The van der Waals surface area contributed by atoms with Crippen LogP contribution in [0.3, 0.4) is 0 Å². The Labute approximate surface area is 126 Å². The Balaban J connectivity index is 1.76. The lowest BCUT2D eigenvalue weighted by Gasteiger charge is -2.34. The molecule has 0 amide bonds. The number of hydrogen-bond donors (Lipinski definition) is 1. The van der Waals surface area contributed by atoms with Gasteiger partial charge in [0.25, 0.3) is 0 Å². The quantitative estimate of drug-likeness (QED) is 0.874. The van der Waals surface area contributed by atoms with E-state index in [0.29, 0.717) is 18.4 Å². The molecule has 1 aliphatic heterocycles. The third kappa shape index (κ3) is 3.14. The Kier molecular flexibility index (Phi) is 4.31. The number of nitrogens with zero attached hydrogens (tertiary/aromatic N) is 2. The molecule has 1 aromatic rings.